The number of hydrogen-bond donors (Lipinski definition) is 3. The van der Waals surface area contributed by atoms with Gasteiger partial charge in [-0.3, -0.25) is 4.79 Å². The standard InChI is InChI=1S/C8H13NO.C2H2O4/c10-7-5-8(6-7)1-3-9-4-2-8;3-1(4)2(5)6/h9H,1-6H2;(H,3,4)(H,5,6). The Bertz CT molecular complexity index is 284. The van der Waals surface area contributed by atoms with Crippen molar-refractivity contribution in [2.24, 2.45) is 5.41 Å². The molecule has 2 fully saturated rings. The summed E-state index contributed by atoms with van der Waals surface area (Å²) < 4.78 is 0. The maximum absolute atomic E-state index is 10.8. The zero-order valence-electron chi connectivity index (χ0n) is 8.86. The van der Waals surface area contributed by atoms with E-state index in [2.05, 4.69) is 5.32 Å². The fourth-order valence-corrected chi connectivity index (χ4v) is 2.10. The van der Waals surface area contributed by atoms with Crippen molar-refractivity contribution in [3.63, 3.8) is 0 Å². The molecule has 2 aliphatic rings. The molecular formula is C10H15NO5. The normalized spacial score (nSPS) is 21.6. The summed E-state index contributed by atoms with van der Waals surface area (Å²) in [6.45, 7) is 2.24. The van der Waals surface area contributed by atoms with E-state index in [1.165, 1.54) is 12.8 Å². The van der Waals surface area contributed by atoms with Gasteiger partial charge in [-0.15, -0.1) is 0 Å². The summed E-state index contributed by atoms with van der Waals surface area (Å²) in [5.41, 5.74) is 0.461. The number of aliphatic carboxylic acids is 2. The van der Waals surface area contributed by atoms with E-state index in [-0.39, 0.29) is 0 Å². The zero-order valence-corrected chi connectivity index (χ0v) is 8.86. The summed E-state index contributed by atoms with van der Waals surface area (Å²) in [6.07, 6.45) is 4.18. The summed E-state index contributed by atoms with van der Waals surface area (Å²) in [4.78, 5) is 29.0. The van der Waals surface area contributed by atoms with E-state index in [1.807, 2.05) is 0 Å². The van der Waals surface area contributed by atoms with Crippen LogP contribution in [0.3, 0.4) is 0 Å². The molecule has 0 aromatic carbocycles. The van der Waals surface area contributed by atoms with Gasteiger partial charge in [0.05, 0.1) is 0 Å². The van der Waals surface area contributed by atoms with Gasteiger partial charge in [-0.25, -0.2) is 9.59 Å². The Morgan fingerprint density at radius 3 is 1.81 bits per heavy atom. The average molecular weight is 229 g/mol. The molecule has 1 aliphatic carbocycles. The van der Waals surface area contributed by atoms with Gasteiger partial charge in [-0.05, 0) is 31.3 Å². The van der Waals surface area contributed by atoms with E-state index in [4.69, 9.17) is 19.8 Å². The quantitative estimate of drug-likeness (QED) is 0.500. The third-order valence-electron chi connectivity index (χ3n) is 2.99. The summed E-state index contributed by atoms with van der Waals surface area (Å²) in [5, 5.41) is 18.1. The van der Waals surface area contributed by atoms with Crippen molar-refractivity contribution in [1.82, 2.24) is 5.32 Å². The largest absolute Gasteiger partial charge is 0.473 e. The molecule has 1 aliphatic heterocycles. The van der Waals surface area contributed by atoms with Crippen molar-refractivity contribution in [3.05, 3.63) is 0 Å². The second kappa shape index (κ2) is 5.07. The Morgan fingerprint density at radius 1 is 1.06 bits per heavy atom. The minimum Gasteiger partial charge on any atom is -0.473 e. The van der Waals surface area contributed by atoms with E-state index in [9.17, 15) is 4.79 Å². The Morgan fingerprint density at radius 2 is 1.50 bits per heavy atom. The number of carbonyl (C=O) groups is 3. The second-order valence-corrected chi connectivity index (χ2v) is 4.25. The molecular weight excluding hydrogens is 214 g/mol. The van der Waals surface area contributed by atoms with Crippen LogP contribution in [0.5, 0.6) is 0 Å². The molecule has 0 bridgehead atoms. The first kappa shape index (κ1) is 12.6. The Kier molecular flexibility index (Phi) is 4.00. The van der Waals surface area contributed by atoms with Gasteiger partial charge >= 0.3 is 11.9 Å². The minimum absolute atomic E-state index is 0.461. The lowest BCUT2D eigenvalue weighted by atomic mass is 9.63. The molecule has 1 spiro atoms. The fraction of sp³-hybridized carbons (Fsp3) is 0.700. The van der Waals surface area contributed by atoms with Gasteiger partial charge < -0.3 is 15.5 Å². The highest BCUT2D eigenvalue weighted by Crippen LogP contribution is 2.45. The number of ketones is 1. The molecule has 1 saturated carbocycles. The van der Waals surface area contributed by atoms with Gasteiger partial charge in [0.1, 0.15) is 5.78 Å². The second-order valence-electron chi connectivity index (χ2n) is 4.25. The van der Waals surface area contributed by atoms with Gasteiger partial charge in [0.2, 0.25) is 0 Å². The molecule has 16 heavy (non-hydrogen) atoms. The van der Waals surface area contributed by atoms with Crippen molar-refractivity contribution in [2.45, 2.75) is 25.7 Å². The first-order valence-electron chi connectivity index (χ1n) is 5.14. The topological polar surface area (TPSA) is 104 Å². The van der Waals surface area contributed by atoms with Gasteiger partial charge in [-0.2, -0.15) is 0 Å². The lowest BCUT2D eigenvalue weighted by Gasteiger charge is -2.43. The summed E-state index contributed by atoms with van der Waals surface area (Å²) in [7, 11) is 0. The highest BCUT2D eigenvalue weighted by atomic mass is 16.4. The maximum Gasteiger partial charge on any atom is 0.414 e. The van der Waals surface area contributed by atoms with Crippen LogP contribution >= 0.6 is 0 Å². The third-order valence-corrected chi connectivity index (χ3v) is 2.99. The zero-order chi connectivity index (χ0) is 12.2. The molecule has 0 aromatic rings. The van der Waals surface area contributed by atoms with Crippen LogP contribution in [0, 0.1) is 5.41 Å². The van der Waals surface area contributed by atoms with Crippen LogP contribution in [-0.2, 0) is 14.4 Å². The number of Topliss-reactive ketones (excluding diaryl/α,β-unsaturated/α-hetero) is 1. The van der Waals surface area contributed by atoms with E-state index in [0.717, 1.165) is 25.9 Å². The number of carboxylic acid groups (broad SMARTS) is 2. The van der Waals surface area contributed by atoms with Crippen LogP contribution in [0.25, 0.3) is 0 Å². The Balaban J connectivity index is 0.000000187. The van der Waals surface area contributed by atoms with Crippen LogP contribution in [0.2, 0.25) is 0 Å². The van der Waals surface area contributed by atoms with Gasteiger partial charge in [0.15, 0.2) is 0 Å². The van der Waals surface area contributed by atoms with Crippen molar-refractivity contribution in [2.75, 3.05) is 13.1 Å². The molecule has 0 atom stereocenters. The smallest absolute Gasteiger partial charge is 0.414 e. The van der Waals surface area contributed by atoms with Crippen LogP contribution in [0.4, 0.5) is 0 Å². The molecule has 0 radical (unpaired) electrons. The molecule has 3 N–H and O–H groups in total. The molecule has 90 valence electrons. The molecule has 1 saturated heterocycles. The predicted molar refractivity (Wildman–Crippen MR) is 54.0 cm³/mol. The summed E-state index contributed by atoms with van der Waals surface area (Å²) in [6, 6.07) is 0. The van der Waals surface area contributed by atoms with E-state index in [0.29, 0.717) is 11.2 Å². The number of nitrogens with one attached hydrogen (secondary N) is 1. The monoisotopic (exact) mass is 229 g/mol. The van der Waals surface area contributed by atoms with E-state index in [1.54, 1.807) is 0 Å². The Hall–Kier alpha value is -1.43. The van der Waals surface area contributed by atoms with Crippen molar-refractivity contribution in [3.8, 4) is 0 Å². The summed E-state index contributed by atoms with van der Waals surface area (Å²) >= 11 is 0. The molecule has 0 aromatic heterocycles. The fourth-order valence-electron chi connectivity index (χ4n) is 2.10. The van der Waals surface area contributed by atoms with Gasteiger partial charge in [0.25, 0.3) is 0 Å². The lowest BCUT2D eigenvalue weighted by molar-refractivity contribution is -0.159. The SMILES string of the molecule is O=C(O)C(=O)O.O=C1CC2(CCNCC2)C1. The molecule has 0 unspecified atom stereocenters. The average Bonchev–Trinajstić information content (AvgIpc) is 2.18. The Labute approximate surface area is 92.6 Å². The van der Waals surface area contributed by atoms with Crippen LogP contribution in [-0.4, -0.2) is 41.0 Å². The summed E-state index contributed by atoms with van der Waals surface area (Å²) in [5.74, 6) is -3.17. The lowest BCUT2D eigenvalue weighted by Crippen LogP contribution is -2.45. The van der Waals surface area contributed by atoms with Crippen LogP contribution in [0.15, 0.2) is 0 Å². The van der Waals surface area contributed by atoms with Crippen LogP contribution < -0.4 is 5.32 Å². The van der Waals surface area contributed by atoms with Crippen LogP contribution in [0.1, 0.15) is 25.7 Å². The highest BCUT2D eigenvalue weighted by molar-refractivity contribution is 6.27. The predicted octanol–water partition coefficient (Wildman–Crippen LogP) is -0.125. The molecule has 2 rings (SSSR count). The molecule has 1 heterocycles. The molecule has 6 nitrogen and oxygen atoms in total. The van der Waals surface area contributed by atoms with Crippen molar-refractivity contribution < 1.29 is 24.6 Å². The highest BCUT2D eigenvalue weighted by Gasteiger charge is 2.43. The number of carbonyl (C=O) groups excluding carboxylic acids is 1. The van der Waals surface area contributed by atoms with Crippen molar-refractivity contribution in [1.29, 1.82) is 0 Å². The number of hydrogen-bond acceptors (Lipinski definition) is 4. The number of carboxylic acids is 2. The number of rotatable bonds is 0. The minimum atomic E-state index is -1.82. The maximum atomic E-state index is 10.8. The molecule has 6 heteroatoms. The van der Waals surface area contributed by atoms with Gasteiger partial charge in [0, 0.05) is 12.8 Å². The van der Waals surface area contributed by atoms with E-state index < -0.39 is 11.9 Å². The number of piperidine rings is 1. The molecule has 0 amide bonds. The third kappa shape index (κ3) is 3.30. The van der Waals surface area contributed by atoms with Crippen molar-refractivity contribution >= 4 is 17.7 Å². The first-order valence-corrected chi connectivity index (χ1v) is 5.14. The van der Waals surface area contributed by atoms with E-state index >= 15 is 0 Å². The van der Waals surface area contributed by atoms with Gasteiger partial charge in [-0.1, -0.05) is 0 Å². The first-order chi connectivity index (χ1) is 7.45.